The summed E-state index contributed by atoms with van der Waals surface area (Å²) >= 11 is 0. The second-order valence-corrected chi connectivity index (χ2v) is 5.85. The van der Waals surface area contributed by atoms with Gasteiger partial charge in [0.1, 0.15) is 11.6 Å². The van der Waals surface area contributed by atoms with Crippen LogP contribution in [0, 0.1) is 6.92 Å². The van der Waals surface area contributed by atoms with E-state index >= 15 is 0 Å². The maximum atomic E-state index is 12.3. The van der Waals surface area contributed by atoms with Gasteiger partial charge in [-0.05, 0) is 13.3 Å². The first-order valence-electron chi connectivity index (χ1n) is 8.14. The van der Waals surface area contributed by atoms with Gasteiger partial charge in [-0.2, -0.15) is 0 Å². The van der Waals surface area contributed by atoms with Crippen LogP contribution in [0.4, 0.5) is 0 Å². The van der Waals surface area contributed by atoms with E-state index < -0.39 is 11.2 Å². The molecule has 0 atom stereocenters. The van der Waals surface area contributed by atoms with Crippen LogP contribution in [0.25, 0.3) is 22.6 Å². The van der Waals surface area contributed by atoms with Crippen molar-refractivity contribution in [3.8, 4) is 11.4 Å². The Morgan fingerprint density at radius 2 is 2.00 bits per heavy atom. The second kappa shape index (κ2) is 6.10. The molecule has 0 aliphatic carbocycles. The van der Waals surface area contributed by atoms with Gasteiger partial charge in [0, 0.05) is 20.0 Å². The molecule has 0 unspecified atom stereocenters. The number of fused-ring (bicyclic) bond motifs is 1. The third-order valence-electron chi connectivity index (χ3n) is 4.23. The Morgan fingerprint density at radius 1 is 1.25 bits per heavy atom. The van der Waals surface area contributed by atoms with Gasteiger partial charge >= 0.3 is 5.69 Å². The third-order valence-corrected chi connectivity index (χ3v) is 4.23. The number of imidazole rings is 1. The van der Waals surface area contributed by atoms with Crippen LogP contribution >= 0.6 is 0 Å². The molecule has 0 saturated carbocycles. The van der Waals surface area contributed by atoms with Crippen LogP contribution in [0.5, 0.6) is 0 Å². The first-order chi connectivity index (χ1) is 11.5. The normalized spacial score (nSPS) is 11.5. The Hall–Kier alpha value is -2.64. The zero-order valence-corrected chi connectivity index (χ0v) is 14.3. The highest BCUT2D eigenvalue weighted by atomic mass is 16.5. The highest BCUT2D eigenvalue weighted by Crippen LogP contribution is 2.28. The molecule has 0 aromatic carbocycles. The number of nitrogens with one attached hydrogen (secondary N) is 1. The lowest BCUT2D eigenvalue weighted by Gasteiger charge is -2.04. The predicted molar refractivity (Wildman–Crippen MR) is 90.1 cm³/mol. The maximum Gasteiger partial charge on any atom is 0.330 e. The highest BCUT2D eigenvalue weighted by Gasteiger charge is 2.22. The summed E-state index contributed by atoms with van der Waals surface area (Å²) in [6, 6.07) is 0. The van der Waals surface area contributed by atoms with Crippen LogP contribution < -0.4 is 11.2 Å². The minimum absolute atomic E-state index is 0.378. The van der Waals surface area contributed by atoms with Crippen molar-refractivity contribution in [2.24, 2.45) is 7.05 Å². The fraction of sp³-hybridized carbons (Fsp3) is 0.500. The number of hydrogen-bond acceptors (Lipinski definition) is 5. The van der Waals surface area contributed by atoms with Gasteiger partial charge in [-0.15, -0.1) is 0 Å². The molecule has 0 saturated heterocycles. The van der Waals surface area contributed by atoms with Gasteiger partial charge < -0.3 is 9.09 Å². The zero-order valence-electron chi connectivity index (χ0n) is 14.3. The average Bonchev–Trinajstić information content (AvgIpc) is 3.07. The number of rotatable bonds is 5. The molecule has 0 bridgehead atoms. The Balaban J connectivity index is 2.35. The Morgan fingerprint density at radius 3 is 2.67 bits per heavy atom. The van der Waals surface area contributed by atoms with Gasteiger partial charge in [0.2, 0.25) is 0 Å². The molecule has 128 valence electrons. The summed E-state index contributed by atoms with van der Waals surface area (Å²) < 4.78 is 8.57. The summed E-state index contributed by atoms with van der Waals surface area (Å²) in [5, 5.41) is 4.00. The van der Waals surface area contributed by atoms with E-state index in [4.69, 9.17) is 4.52 Å². The highest BCUT2D eigenvalue weighted by molar-refractivity contribution is 5.77. The van der Waals surface area contributed by atoms with Gasteiger partial charge in [-0.25, -0.2) is 9.78 Å². The molecule has 0 fully saturated rings. The van der Waals surface area contributed by atoms with Crippen molar-refractivity contribution in [1.82, 2.24) is 24.3 Å². The number of H-pyrrole nitrogens is 1. The SMILES string of the molecule is CCCCn1c(=O)[nH]c(=O)c2c1nc(-c1c(C)noc1CC)n2C. The van der Waals surface area contributed by atoms with Crippen LogP contribution in [-0.4, -0.2) is 24.3 Å². The van der Waals surface area contributed by atoms with E-state index in [-0.39, 0.29) is 0 Å². The van der Waals surface area contributed by atoms with Crippen LogP contribution in [0.15, 0.2) is 14.1 Å². The molecular formula is C16H21N5O3. The van der Waals surface area contributed by atoms with E-state index in [0.29, 0.717) is 41.4 Å². The summed E-state index contributed by atoms with van der Waals surface area (Å²) in [6.45, 7) is 6.37. The van der Waals surface area contributed by atoms with E-state index in [1.54, 1.807) is 11.6 Å². The molecule has 0 aliphatic heterocycles. The number of aryl methyl sites for hydroxylation is 4. The van der Waals surface area contributed by atoms with E-state index in [1.807, 2.05) is 20.8 Å². The van der Waals surface area contributed by atoms with Crippen LogP contribution in [0.2, 0.25) is 0 Å². The standard InChI is InChI=1S/C16H21N5O3/c1-5-7-8-21-14-12(15(22)18-16(21)23)20(4)13(17-14)11-9(3)19-24-10(11)6-2/h5-8H2,1-4H3,(H,18,22,23). The van der Waals surface area contributed by atoms with E-state index in [2.05, 4.69) is 15.1 Å². The quantitative estimate of drug-likeness (QED) is 0.768. The zero-order chi connectivity index (χ0) is 17.4. The number of nitrogens with zero attached hydrogens (tertiary/aromatic N) is 4. The average molecular weight is 331 g/mol. The Bertz CT molecular complexity index is 1010. The van der Waals surface area contributed by atoms with E-state index in [1.165, 1.54) is 4.57 Å². The molecule has 8 heteroatoms. The van der Waals surface area contributed by atoms with Crippen molar-refractivity contribution >= 4 is 11.2 Å². The lowest BCUT2D eigenvalue weighted by atomic mass is 10.1. The fourth-order valence-electron chi connectivity index (χ4n) is 2.94. The summed E-state index contributed by atoms with van der Waals surface area (Å²) in [5.41, 5.74) is 1.41. The van der Waals surface area contributed by atoms with Crippen molar-refractivity contribution in [2.45, 2.75) is 46.6 Å². The lowest BCUT2D eigenvalue weighted by Crippen LogP contribution is -2.31. The molecule has 3 rings (SSSR count). The minimum Gasteiger partial charge on any atom is -0.360 e. The van der Waals surface area contributed by atoms with Gasteiger partial charge in [0.05, 0.1) is 11.3 Å². The van der Waals surface area contributed by atoms with Crippen molar-refractivity contribution < 1.29 is 4.52 Å². The van der Waals surface area contributed by atoms with Gasteiger partial charge in [0.15, 0.2) is 11.2 Å². The largest absolute Gasteiger partial charge is 0.360 e. The molecule has 0 radical (unpaired) electrons. The molecule has 3 aromatic heterocycles. The van der Waals surface area contributed by atoms with Crippen molar-refractivity contribution in [2.75, 3.05) is 0 Å². The number of unbranched alkanes of at least 4 members (excludes halogenated alkanes) is 1. The first kappa shape index (κ1) is 16.2. The number of aromatic amines is 1. The number of hydrogen-bond donors (Lipinski definition) is 1. The van der Waals surface area contributed by atoms with Gasteiger partial charge in [-0.3, -0.25) is 14.3 Å². The third kappa shape index (κ3) is 2.38. The topological polar surface area (TPSA) is 98.7 Å². The second-order valence-electron chi connectivity index (χ2n) is 5.85. The molecule has 0 spiro atoms. The molecule has 0 amide bonds. The fourth-order valence-corrected chi connectivity index (χ4v) is 2.94. The Labute approximate surface area is 138 Å². The van der Waals surface area contributed by atoms with Gasteiger partial charge in [0.25, 0.3) is 5.56 Å². The van der Waals surface area contributed by atoms with Crippen molar-refractivity contribution in [3.63, 3.8) is 0 Å². The molecule has 1 N–H and O–H groups in total. The van der Waals surface area contributed by atoms with Crippen molar-refractivity contribution in [1.29, 1.82) is 0 Å². The summed E-state index contributed by atoms with van der Waals surface area (Å²) in [7, 11) is 1.76. The summed E-state index contributed by atoms with van der Waals surface area (Å²) in [5.74, 6) is 1.30. The molecule has 0 aliphatic rings. The van der Waals surface area contributed by atoms with Crippen LogP contribution in [-0.2, 0) is 20.0 Å². The molecule has 24 heavy (non-hydrogen) atoms. The van der Waals surface area contributed by atoms with Gasteiger partial charge in [-0.1, -0.05) is 25.4 Å². The predicted octanol–water partition coefficient (Wildman–Crippen LogP) is 1.75. The van der Waals surface area contributed by atoms with Crippen molar-refractivity contribution in [3.05, 3.63) is 32.3 Å². The monoisotopic (exact) mass is 331 g/mol. The number of aromatic nitrogens is 5. The maximum absolute atomic E-state index is 12.3. The Kier molecular flexibility index (Phi) is 4.13. The summed E-state index contributed by atoms with van der Waals surface area (Å²) in [6.07, 6.45) is 2.44. The van der Waals surface area contributed by atoms with E-state index in [0.717, 1.165) is 18.4 Å². The summed E-state index contributed by atoms with van der Waals surface area (Å²) in [4.78, 5) is 31.5. The molecule has 8 nitrogen and oxygen atoms in total. The smallest absolute Gasteiger partial charge is 0.330 e. The molecule has 3 aromatic rings. The molecule has 3 heterocycles. The lowest BCUT2D eigenvalue weighted by molar-refractivity contribution is 0.383. The van der Waals surface area contributed by atoms with Crippen LogP contribution in [0.1, 0.15) is 38.1 Å². The molecular weight excluding hydrogens is 310 g/mol. The minimum atomic E-state index is -0.434. The first-order valence-corrected chi connectivity index (χ1v) is 8.14. The van der Waals surface area contributed by atoms with Crippen LogP contribution in [0.3, 0.4) is 0 Å². The van der Waals surface area contributed by atoms with E-state index in [9.17, 15) is 9.59 Å².